The average molecular weight is 383 g/mol. The average Bonchev–Trinajstić information content (AvgIpc) is 3.36. The maximum atomic E-state index is 6.39. The fourth-order valence-electron chi connectivity index (χ4n) is 5.65. The lowest BCUT2D eigenvalue weighted by Gasteiger charge is -2.47. The van der Waals surface area contributed by atoms with Crippen molar-refractivity contribution in [3.8, 4) is 0 Å². The van der Waals surface area contributed by atoms with Gasteiger partial charge in [0.2, 0.25) is 0 Å². The Kier molecular flexibility index (Phi) is 4.83. The van der Waals surface area contributed by atoms with Gasteiger partial charge in [-0.15, -0.1) is 11.3 Å². The molecule has 2 aliphatic heterocycles. The molecular formula is C23H30N2OS. The summed E-state index contributed by atoms with van der Waals surface area (Å²) in [6.07, 6.45) is 11.8. The summed E-state index contributed by atoms with van der Waals surface area (Å²) in [6.45, 7) is 4.40. The lowest BCUT2D eigenvalue weighted by molar-refractivity contribution is -0.105. The minimum atomic E-state index is 0.124. The lowest BCUT2D eigenvalue weighted by atomic mass is 9.68. The molecule has 4 heterocycles. The fourth-order valence-corrected chi connectivity index (χ4v) is 6.62. The van der Waals surface area contributed by atoms with Gasteiger partial charge in [0, 0.05) is 41.9 Å². The van der Waals surface area contributed by atoms with E-state index in [0.29, 0.717) is 0 Å². The van der Waals surface area contributed by atoms with Crippen molar-refractivity contribution in [2.75, 3.05) is 19.7 Å². The van der Waals surface area contributed by atoms with Crippen LogP contribution in [0.2, 0.25) is 0 Å². The molecule has 5 rings (SSSR count). The van der Waals surface area contributed by atoms with Crippen LogP contribution in [0.5, 0.6) is 0 Å². The Morgan fingerprint density at radius 2 is 2.07 bits per heavy atom. The number of fused-ring (bicyclic) bond motifs is 1. The first-order valence-electron chi connectivity index (χ1n) is 10.6. The molecule has 0 aromatic carbocycles. The SMILES string of the molecule is c1ccc([C@]2(CCN3CCc4ccsc4C3)CCOC3(CCCC3)C2)nc1. The molecular weight excluding hydrogens is 352 g/mol. The second-order valence-corrected chi connectivity index (χ2v) is 9.81. The van der Waals surface area contributed by atoms with Gasteiger partial charge in [-0.25, -0.2) is 0 Å². The van der Waals surface area contributed by atoms with Crippen molar-refractivity contribution in [3.63, 3.8) is 0 Å². The van der Waals surface area contributed by atoms with E-state index in [0.717, 1.165) is 26.0 Å². The van der Waals surface area contributed by atoms with E-state index in [2.05, 4.69) is 28.5 Å². The molecule has 144 valence electrons. The molecule has 1 saturated heterocycles. The zero-order chi connectivity index (χ0) is 18.2. The van der Waals surface area contributed by atoms with E-state index in [1.165, 1.54) is 57.3 Å². The molecule has 27 heavy (non-hydrogen) atoms. The van der Waals surface area contributed by atoms with Gasteiger partial charge in [0.05, 0.1) is 5.60 Å². The van der Waals surface area contributed by atoms with Crippen molar-refractivity contribution >= 4 is 11.3 Å². The van der Waals surface area contributed by atoms with Crippen LogP contribution in [0.1, 0.15) is 61.1 Å². The number of hydrogen-bond acceptors (Lipinski definition) is 4. The van der Waals surface area contributed by atoms with E-state index >= 15 is 0 Å². The molecule has 0 unspecified atom stereocenters. The summed E-state index contributed by atoms with van der Waals surface area (Å²) in [6, 6.07) is 8.79. The molecule has 0 amide bonds. The van der Waals surface area contributed by atoms with Crippen LogP contribution in [0.4, 0.5) is 0 Å². The van der Waals surface area contributed by atoms with Crippen LogP contribution in [0.25, 0.3) is 0 Å². The monoisotopic (exact) mass is 382 g/mol. The third kappa shape index (κ3) is 3.48. The van der Waals surface area contributed by atoms with Gasteiger partial charge in [0.1, 0.15) is 0 Å². The first kappa shape index (κ1) is 17.8. The smallest absolute Gasteiger partial charge is 0.0691 e. The highest BCUT2D eigenvalue weighted by Gasteiger charge is 2.48. The number of thiophene rings is 1. The summed E-state index contributed by atoms with van der Waals surface area (Å²) in [4.78, 5) is 9.09. The van der Waals surface area contributed by atoms with Gasteiger partial charge < -0.3 is 4.74 Å². The van der Waals surface area contributed by atoms with Crippen LogP contribution < -0.4 is 0 Å². The maximum Gasteiger partial charge on any atom is 0.0691 e. The van der Waals surface area contributed by atoms with Crippen LogP contribution in [0.3, 0.4) is 0 Å². The van der Waals surface area contributed by atoms with Crippen LogP contribution >= 0.6 is 11.3 Å². The maximum absolute atomic E-state index is 6.39. The minimum absolute atomic E-state index is 0.124. The molecule has 4 heteroatoms. The fraction of sp³-hybridized carbons (Fsp3) is 0.609. The minimum Gasteiger partial charge on any atom is -0.375 e. The second-order valence-electron chi connectivity index (χ2n) is 8.81. The largest absolute Gasteiger partial charge is 0.375 e. The summed E-state index contributed by atoms with van der Waals surface area (Å²) in [7, 11) is 0. The predicted octanol–water partition coefficient (Wildman–Crippen LogP) is 4.95. The Balaban J connectivity index is 1.36. The number of ether oxygens (including phenoxy) is 1. The van der Waals surface area contributed by atoms with E-state index in [9.17, 15) is 0 Å². The zero-order valence-corrected chi connectivity index (χ0v) is 17.0. The molecule has 1 saturated carbocycles. The highest BCUT2D eigenvalue weighted by molar-refractivity contribution is 7.10. The van der Waals surface area contributed by atoms with Crippen LogP contribution in [-0.2, 0) is 23.1 Å². The highest BCUT2D eigenvalue weighted by atomic mass is 32.1. The van der Waals surface area contributed by atoms with Gasteiger partial charge >= 0.3 is 0 Å². The quantitative estimate of drug-likeness (QED) is 0.748. The van der Waals surface area contributed by atoms with Gasteiger partial charge in [0.15, 0.2) is 0 Å². The number of nitrogens with zero attached hydrogens (tertiary/aromatic N) is 2. The first-order valence-corrected chi connectivity index (χ1v) is 11.5. The molecule has 3 nitrogen and oxygen atoms in total. The summed E-state index contributed by atoms with van der Waals surface area (Å²) in [5, 5.41) is 2.26. The normalized spacial score (nSPS) is 27.7. The summed E-state index contributed by atoms with van der Waals surface area (Å²) >= 11 is 1.93. The molecule has 2 aromatic heterocycles. The van der Waals surface area contributed by atoms with Crippen LogP contribution in [0.15, 0.2) is 35.8 Å². The lowest BCUT2D eigenvalue weighted by Crippen LogP contribution is -2.48. The van der Waals surface area contributed by atoms with Gasteiger partial charge in [0.25, 0.3) is 0 Å². The predicted molar refractivity (Wildman–Crippen MR) is 110 cm³/mol. The van der Waals surface area contributed by atoms with E-state index in [1.807, 2.05) is 23.6 Å². The molecule has 0 N–H and O–H groups in total. The number of hydrogen-bond donors (Lipinski definition) is 0. The number of rotatable bonds is 4. The van der Waals surface area contributed by atoms with Gasteiger partial charge in [-0.1, -0.05) is 18.9 Å². The Bertz CT molecular complexity index is 768. The molecule has 1 atom stereocenters. The van der Waals surface area contributed by atoms with E-state index < -0.39 is 0 Å². The van der Waals surface area contributed by atoms with E-state index in [4.69, 9.17) is 9.72 Å². The van der Waals surface area contributed by atoms with Crippen LogP contribution in [-0.4, -0.2) is 35.2 Å². The number of aromatic nitrogens is 1. The summed E-state index contributed by atoms with van der Waals surface area (Å²) in [5.74, 6) is 0. The van der Waals surface area contributed by atoms with Gasteiger partial charge in [-0.2, -0.15) is 0 Å². The standard InChI is InChI=1S/C23H30N2OS/c1-4-12-24-21(5-1)22(11-15-26-23(18-22)8-2-3-9-23)10-14-25-13-6-19-7-16-27-20(19)17-25/h1,4-5,7,12,16H,2-3,6,8-11,13-15,17-18H2/t22-/m1/s1. The Labute approximate surface area is 166 Å². The van der Waals surface area contributed by atoms with Crippen molar-refractivity contribution in [3.05, 3.63) is 52.0 Å². The van der Waals surface area contributed by atoms with Crippen molar-refractivity contribution in [2.24, 2.45) is 0 Å². The van der Waals surface area contributed by atoms with Crippen molar-refractivity contribution in [1.82, 2.24) is 9.88 Å². The number of pyridine rings is 1. The van der Waals surface area contributed by atoms with Gasteiger partial charge in [-0.05, 0) is 74.2 Å². The molecule has 2 fully saturated rings. The van der Waals surface area contributed by atoms with Crippen molar-refractivity contribution < 1.29 is 4.74 Å². The summed E-state index contributed by atoms with van der Waals surface area (Å²) < 4.78 is 6.39. The molecule has 0 radical (unpaired) electrons. The first-order chi connectivity index (χ1) is 13.3. The second kappa shape index (κ2) is 7.31. The van der Waals surface area contributed by atoms with Crippen LogP contribution in [0, 0.1) is 0 Å². The topological polar surface area (TPSA) is 25.4 Å². The molecule has 3 aliphatic rings. The Morgan fingerprint density at radius 3 is 2.93 bits per heavy atom. The van der Waals surface area contributed by atoms with Gasteiger partial charge in [-0.3, -0.25) is 9.88 Å². The molecule has 1 aliphatic carbocycles. The Morgan fingerprint density at radius 1 is 1.15 bits per heavy atom. The van der Waals surface area contributed by atoms with E-state index in [1.54, 1.807) is 10.4 Å². The third-order valence-electron chi connectivity index (χ3n) is 7.18. The van der Waals surface area contributed by atoms with Crippen molar-refractivity contribution in [2.45, 2.75) is 68.9 Å². The molecule has 0 bridgehead atoms. The van der Waals surface area contributed by atoms with Crippen molar-refractivity contribution in [1.29, 1.82) is 0 Å². The molecule has 1 spiro atoms. The zero-order valence-electron chi connectivity index (χ0n) is 16.2. The highest BCUT2D eigenvalue weighted by Crippen LogP contribution is 2.49. The van der Waals surface area contributed by atoms with E-state index in [-0.39, 0.29) is 11.0 Å². The Hall–Kier alpha value is -1.23. The summed E-state index contributed by atoms with van der Waals surface area (Å²) in [5.41, 5.74) is 3.18. The third-order valence-corrected chi connectivity index (χ3v) is 8.13. The molecule has 2 aromatic rings.